The van der Waals surface area contributed by atoms with Gasteiger partial charge in [0, 0.05) is 30.7 Å². The zero-order chi connectivity index (χ0) is 16.4. The van der Waals surface area contributed by atoms with Crippen LogP contribution in [0.4, 0.5) is 5.82 Å². The third-order valence-corrected chi connectivity index (χ3v) is 3.85. The highest BCUT2D eigenvalue weighted by Gasteiger charge is 2.06. The average molecular weight is 318 g/mol. The van der Waals surface area contributed by atoms with E-state index in [0.29, 0.717) is 6.54 Å². The number of nitrogens with one attached hydrogen (secondary N) is 1. The van der Waals surface area contributed by atoms with Gasteiger partial charge in [0.25, 0.3) is 0 Å². The van der Waals surface area contributed by atoms with Crippen LogP contribution in [-0.2, 0) is 13.1 Å². The normalized spacial score (nSPS) is 11.0. The molecule has 0 radical (unpaired) electrons. The summed E-state index contributed by atoms with van der Waals surface area (Å²) in [5.41, 5.74) is 4.31. The second kappa shape index (κ2) is 6.16. The van der Waals surface area contributed by atoms with Crippen LogP contribution in [-0.4, -0.2) is 24.4 Å². The van der Waals surface area contributed by atoms with Crippen molar-refractivity contribution in [2.45, 2.75) is 20.0 Å². The fourth-order valence-electron chi connectivity index (χ4n) is 2.72. The van der Waals surface area contributed by atoms with Gasteiger partial charge in [-0.15, -0.1) is 0 Å². The fraction of sp³-hybridized carbons (Fsp3) is 0.167. The van der Waals surface area contributed by atoms with Gasteiger partial charge in [0.15, 0.2) is 5.82 Å². The second-order valence-corrected chi connectivity index (χ2v) is 5.78. The first-order valence-corrected chi connectivity index (χ1v) is 7.88. The number of fused-ring (bicyclic) bond motifs is 1. The van der Waals surface area contributed by atoms with E-state index in [-0.39, 0.29) is 0 Å². The zero-order valence-electron chi connectivity index (χ0n) is 13.4. The van der Waals surface area contributed by atoms with Crippen molar-refractivity contribution in [2.75, 3.05) is 5.32 Å². The van der Waals surface area contributed by atoms with E-state index in [1.807, 2.05) is 52.8 Å². The van der Waals surface area contributed by atoms with Gasteiger partial charge in [-0.1, -0.05) is 30.3 Å². The minimum absolute atomic E-state index is 0.672. The Morgan fingerprint density at radius 2 is 2.00 bits per heavy atom. The quantitative estimate of drug-likeness (QED) is 0.615. The standard InChI is InChI=1S/C18H18N6/c1-14-9-17-18(19-7-8-24(17)22-14)20-10-16-11-21-23(13-16)12-15-5-3-2-4-6-15/h2-9,11,13H,10,12H2,1H3,(H,19,20). The molecule has 6 heteroatoms. The van der Waals surface area contributed by atoms with Crippen molar-refractivity contribution < 1.29 is 0 Å². The Bertz CT molecular complexity index is 954. The Labute approximate surface area is 139 Å². The number of rotatable bonds is 5. The molecule has 3 heterocycles. The first kappa shape index (κ1) is 14.4. The molecule has 0 aliphatic carbocycles. The number of hydrogen-bond donors (Lipinski definition) is 1. The van der Waals surface area contributed by atoms with E-state index in [2.05, 4.69) is 38.8 Å². The van der Waals surface area contributed by atoms with Crippen molar-refractivity contribution in [1.29, 1.82) is 0 Å². The van der Waals surface area contributed by atoms with E-state index < -0.39 is 0 Å². The Hall–Kier alpha value is -3.15. The molecule has 0 fully saturated rings. The summed E-state index contributed by atoms with van der Waals surface area (Å²) in [5.74, 6) is 0.828. The molecule has 1 N–H and O–H groups in total. The van der Waals surface area contributed by atoms with Crippen molar-refractivity contribution >= 4 is 11.3 Å². The van der Waals surface area contributed by atoms with Crippen LogP contribution in [0.3, 0.4) is 0 Å². The van der Waals surface area contributed by atoms with E-state index in [9.17, 15) is 0 Å². The summed E-state index contributed by atoms with van der Waals surface area (Å²) < 4.78 is 3.78. The summed E-state index contributed by atoms with van der Waals surface area (Å²) in [4.78, 5) is 4.41. The van der Waals surface area contributed by atoms with Crippen LogP contribution < -0.4 is 5.32 Å². The van der Waals surface area contributed by atoms with Gasteiger partial charge in [-0.25, -0.2) is 9.50 Å². The Morgan fingerprint density at radius 1 is 1.12 bits per heavy atom. The van der Waals surface area contributed by atoms with Crippen LogP contribution in [0.1, 0.15) is 16.8 Å². The minimum atomic E-state index is 0.672. The molecule has 0 saturated carbocycles. The molecule has 0 spiro atoms. The predicted molar refractivity (Wildman–Crippen MR) is 92.8 cm³/mol. The average Bonchev–Trinajstić information content (AvgIpc) is 3.19. The Morgan fingerprint density at radius 3 is 2.88 bits per heavy atom. The van der Waals surface area contributed by atoms with E-state index in [4.69, 9.17) is 0 Å². The maximum atomic E-state index is 4.43. The smallest absolute Gasteiger partial charge is 0.152 e. The monoisotopic (exact) mass is 318 g/mol. The lowest BCUT2D eigenvalue weighted by molar-refractivity contribution is 0.686. The fourth-order valence-corrected chi connectivity index (χ4v) is 2.72. The summed E-state index contributed by atoms with van der Waals surface area (Å²) in [6.07, 6.45) is 7.55. The van der Waals surface area contributed by atoms with Gasteiger partial charge in [0.2, 0.25) is 0 Å². The van der Waals surface area contributed by atoms with Crippen molar-refractivity contribution in [2.24, 2.45) is 0 Å². The summed E-state index contributed by atoms with van der Waals surface area (Å²) in [5, 5.41) is 12.2. The molecule has 4 rings (SSSR count). The maximum Gasteiger partial charge on any atom is 0.152 e. The van der Waals surface area contributed by atoms with E-state index >= 15 is 0 Å². The van der Waals surface area contributed by atoms with E-state index in [0.717, 1.165) is 29.1 Å². The van der Waals surface area contributed by atoms with Crippen LogP contribution >= 0.6 is 0 Å². The molecule has 0 saturated heterocycles. The number of aromatic nitrogens is 5. The number of nitrogens with zero attached hydrogens (tertiary/aromatic N) is 5. The number of anilines is 1. The van der Waals surface area contributed by atoms with Gasteiger partial charge in [0.05, 0.1) is 18.4 Å². The third-order valence-electron chi connectivity index (χ3n) is 3.85. The molecule has 4 aromatic rings. The molecule has 24 heavy (non-hydrogen) atoms. The van der Waals surface area contributed by atoms with Crippen molar-refractivity contribution in [3.8, 4) is 0 Å². The molecule has 0 bridgehead atoms. The summed E-state index contributed by atoms with van der Waals surface area (Å²) >= 11 is 0. The first-order chi connectivity index (χ1) is 11.8. The molecule has 0 aliphatic heterocycles. The molecule has 3 aromatic heterocycles. The summed E-state index contributed by atoms with van der Waals surface area (Å²) in [7, 11) is 0. The largest absolute Gasteiger partial charge is 0.364 e. The molecular weight excluding hydrogens is 300 g/mol. The molecule has 6 nitrogen and oxygen atoms in total. The summed E-state index contributed by atoms with van der Waals surface area (Å²) in [6.45, 7) is 3.42. The third kappa shape index (κ3) is 2.99. The van der Waals surface area contributed by atoms with E-state index in [1.165, 1.54) is 5.56 Å². The molecule has 0 amide bonds. The first-order valence-electron chi connectivity index (χ1n) is 7.88. The number of aryl methyl sites for hydroxylation is 1. The highest BCUT2D eigenvalue weighted by Crippen LogP contribution is 2.15. The lowest BCUT2D eigenvalue weighted by Gasteiger charge is -2.05. The van der Waals surface area contributed by atoms with Crippen molar-refractivity contribution in [3.63, 3.8) is 0 Å². The highest BCUT2D eigenvalue weighted by atomic mass is 15.3. The molecule has 120 valence electrons. The van der Waals surface area contributed by atoms with Gasteiger partial charge >= 0.3 is 0 Å². The van der Waals surface area contributed by atoms with Crippen LogP contribution in [0.5, 0.6) is 0 Å². The van der Waals surface area contributed by atoms with Gasteiger partial charge in [-0.3, -0.25) is 4.68 Å². The van der Waals surface area contributed by atoms with Gasteiger partial charge in [0.1, 0.15) is 5.52 Å². The maximum absolute atomic E-state index is 4.43. The topological polar surface area (TPSA) is 60.0 Å². The lowest BCUT2D eigenvalue weighted by Crippen LogP contribution is -2.03. The Kier molecular flexibility index (Phi) is 3.70. The van der Waals surface area contributed by atoms with Gasteiger partial charge < -0.3 is 5.32 Å². The zero-order valence-corrected chi connectivity index (χ0v) is 13.4. The minimum Gasteiger partial charge on any atom is -0.364 e. The lowest BCUT2D eigenvalue weighted by atomic mass is 10.2. The van der Waals surface area contributed by atoms with Crippen LogP contribution in [0.25, 0.3) is 5.52 Å². The number of hydrogen-bond acceptors (Lipinski definition) is 4. The van der Waals surface area contributed by atoms with Crippen LogP contribution in [0, 0.1) is 6.92 Å². The van der Waals surface area contributed by atoms with Gasteiger partial charge in [-0.2, -0.15) is 10.2 Å². The second-order valence-electron chi connectivity index (χ2n) is 5.78. The molecular formula is C18H18N6. The SMILES string of the molecule is Cc1cc2c(NCc3cnn(Cc4ccccc4)c3)nccn2n1. The predicted octanol–water partition coefficient (Wildman–Crippen LogP) is 2.89. The molecule has 0 unspecified atom stereocenters. The van der Waals surface area contributed by atoms with Gasteiger partial charge in [-0.05, 0) is 18.6 Å². The van der Waals surface area contributed by atoms with Crippen LogP contribution in [0.15, 0.2) is 61.2 Å². The summed E-state index contributed by atoms with van der Waals surface area (Å²) in [6, 6.07) is 12.3. The molecule has 0 atom stereocenters. The van der Waals surface area contributed by atoms with Crippen molar-refractivity contribution in [3.05, 3.63) is 78.0 Å². The molecule has 1 aromatic carbocycles. The van der Waals surface area contributed by atoms with E-state index in [1.54, 1.807) is 6.20 Å². The van der Waals surface area contributed by atoms with Crippen LogP contribution in [0.2, 0.25) is 0 Å². The van der Waals surface area contributed by atoms with Crippen molar-refractivity contribution in [1.82, 2.24) is 24.4 Å². The molecule has 0 aliphatic rings. The Balaban J connectivity index is 1.46. The number of benzene rings is 1. The highest BCUT2D eigenvalue weighted by molar-refractivity contribution is 5.67.